The number of hydrogen-bond acceptors (Lipinski definition) is 6. The number of carboxylic acid groups (broad SMARTS) is 1. The van der Waals surface area contributed by atoms with Crippen molar-refractivity contribution in [2.24, 2.45) is 0 Å². The SMILES string of the molecule is CCc1ccc(CN2C[C@H](NS(C)(=O)=O)[C@@H]3OCCC[C@@H]32)o1.O=C(O)C(F)(F)F. The predicted octanol–water partition coefficient (Wildman–Crippen LogP) is 1.76. The van der Waals surface area contributed by atoms with Gasteiger partial charge in [-0.1, -0.05) is 6.92 Å². The number of hydrogen-bond donors (Lipinski definition) is 2. The minimum Gasteiger partial charge on any atom is -0.475 e. The summed E-state index contributed by atoms with van der Waals surface area (Å²) in [6, 6.07) is 4.09. The number of alkyl halides is 3. The molecule has 0 saturated carbocycles. The predicted molar refractivity (Wildman–Crippen MR) is 96.7 cm³/mol. The average molecular weight is 442 g/mol. The molecule has 0 radical (unpaired) electrons. The van der Waals surface area contributed by atoms with Crippen LogP contribution in [0, 0.1) is 0 Å². The standard InChI is InChI=1S/C15H24N2O4S.C2HF3O2/c1-3-11-6-7-12(21-11)9-17-10-13(16-22(2,18)19)15-14(17)5-4-8-20-15;3-2(4,5)1(6)7/h6-7,13-16H,3-5,8-10H2,1-2H3;(H,6,7)/t13-,14-,15-;/m0./s1. The van der Waals surface area contributed by atoms with Crippen molar-refractivity contribution in [1.29, 1.82) is 0 Å². The maximum Gasteiger partial charge on any atom is 0.490 e. The molecule has 8 nitrogen and oxygen atoms in total. The summed E-state index contributed by atoms with van der Waals surface area (Å²) in [6.45, 7) is 4.13. The Hall–Kier alpha value is -1.63. The summed E-state index contributed by atoms with van der Waals surface area (Å²) in [5.74, 6) is -0.842. The van der Waals surface area contributed by atoms with E-state index in [9.17, 15) is 21.6 Å². The third kappa shape index (κ3) is 6.98. The molecule has 2 fully saturated rings. The summed E-state index contributed by atoms with van der Waals surface area (Å²) in [7, 11) is -3.23. The summed E-state index contributed by atoms with van der Waals surface area (Å²) in [6.07, 6.45) is -1.01. The lowest BCUT2D eigenvalue weighted by Gasteiger charge is -2.32. The minimum atomic E-state index is -5.08. The van der Waals surface area contributed by atoms with Crippen molar-refractivity contribution in [3.63, 3.8) is 0 Å². The first-order valence-electron chi connectivity index (χ1n) is 9.11. The summed E-state index contributed by atoms with van der Waals surface area (Å²) in [5.41, 5.74) is 0. The zero-order valence-corrected chi connectivity index (χ0v) is 16.9. The molecule has 0 bridgehead atoms. The lowest BCUT2D eigenvalue weighted by atomic mass is 10.0. The molecule has 1 aromatic heterocycles. The third-order valence-corrected chi connectivity index (χ3v) is 5.39. The van der Waals surface area contributed by atoms with Gasteiger partial charge < -0.3 is 14.3 Å². The van der Waals surface area contributed by atoms with Crippen LogP contribution in [0.4, 0.5) is 13.2 Å². The zero-order chi connectivity index (χ0) is 21.8. The third-order valence-electron chi connectivity index (χ3n) is 4.66. The van der Waals surface area contributed by atoms with Crippen LogP contribution in [0.5, 0.6) is 0 Å². The molecule has 0 aliphatic carbocycles. The first-order valence-corrected chi connectivity index (χ1v) is 11.0. The van der Waals surface area contributed by atoms with Crippen LogP contribution in [-0.2, 0) is 32.5 Å². The summed E-state index contributed by atoms with van der Waals surface area (Å²) in [5, 5.41) is 7.12. The van der Waals surface area contributed by atoms with E-state index in [1.54, 1.807) is 0 Å². The van der Waals surface area contributed by atoms with E-state index in [1.165, 1.54) is 6.26 Å². The second-order valence-corrected chi connectivity index (χ2v) is 8.78. The van der Waals surface area contributed by atoms with Gasteiger partial charge in [-0.05, 0) is 25.0 Å². The number of ether oxygens (including phenoxy) is 1. The number of halogens is 3. The molecule has 0 amide bonds. The molecular formula is C17H25F3N2O6S. The number of nitrogens with zero attached hydrogens (tertiary/aromatic N) is 1. The first-order chi connectivity index (χ1) is 13.4. The van der Waals surface area contributed by atoms with Crippen LogP contribution < -0.4 is 4.72 Å². The smallest absolute Gasteiger partial charge is 0.475 e. The molecule has 166 valence electrons. The second kappa shape index (κ2) is 9.45. The van der Waals surface area contributed by atoms with Crippen molar-refractivity contribution in [1.82, 2.24) is 9.62 Å². The first kappa shape index (κ1) is 23.6. The number of aryl methyl sites for hydroxylation is 1. The largest absolute Gasteiger partial charge is 0.490 e. The topological polar surface area (TPSA) is 109 Å². The van der Waals surface area contributed by atoms with Crippen molar-refractivity contribution in [3.8, 4) is 0 Å². The van der Waals surface area contributed by atoms with Crippen molar-refractivity contribution in [2.75, 3.05) is 19.4 Å². The Morgan fingerprint density at radius 1 is 1.34 bits per heavy atom. The van der Waals surface area contributed by atoms with E-state index in [-0.39, 0.29) is 18.2 Å². The normalized spacial score (nSPS) is 25.2. The van der Waals surface area contributed by atoms with E-state index in [0.717, 1.165) is 30.8 Å². The highest BCUT2D eigenvalue weighted by Crippen LogP contribution is 2.30. The van der Waals surface area contributed by atoms with Crippen LogP contribution in [0.15, 0.2) is 16.5 Å². The number of aliphatic carboxylic acids is 1. The van der Waals surface area contributed by atoms with Gasteiger partial charge >= 0.3 is 12.1 Å². The highest BCUT2D eigenvalue weighted by Gasteiger charge is 2.45. The van der Waals surface area contributed by atoms with Crippen molar-refractivity contribution >= 4 is 16.0 Å². The molecule has 0 unspecified atom stereocenters. The van der Waals surface area contributed by atoms with E-state index in [4.69, 9.17) is 19.1 Å². The molecular weight excluding hydrogens is 417 g/mol. The van der Waals surface area contributed by atoms with E-state index in [1.807, 2.05) is 12.1 Å². The monoisotopic (exact) mass is 442 g/mol. The Balaban J connectivity index is 0.000000370. The van der Waals surface area contributed by atoms with Crippen molar-refractivity contribution in [3.05, 3.63) is 23.7 Å². The molecule has 12 heteroatoms. The van der Waals surface area contributed by atoms with Gasteiger partial charge in [0.25, 0.3) is 0 Å². The Labute approximate surface area is 167 Å². The van der Waals surface area contributed by atoms with Gasteiger partial charge in [0.1, 0.15) is 11.5 Å². The van der Waals surface area contributed by atoms with Gasteiger partial charge in [-0.15, -0.1) is 0 Å². The second-order valence-electron chi connectivity index (χ2n) is 7.00. The fourth-order valence-corrected chi connectivity index (χ4v) is 4.27. The van der Waals surface area contributed by atoms with Gasteiger partial charge in [-0.3, -0.25) is 4.90 Å². The Morgan fingerprint density at radius 3 is 2.48 bits per heavy atom. The number of carbonyl (C=O) groups is 1. The van der Waals surface area contributed by atoms with Gasteiger partial charge in [0.05, 0.1) is 24.9 Å². The molecule has 2 saturated heterocycles. The Bertz CT molecular complexity index is 795. The Morgan fingerprint density at radius 2 is 1.97 bits per heavy atom. The van der Waals surface area contributed by atoms with Crippen molar-refractivity contribution in [2.45, 2.75) is 57.1 Å². The zero-order valence-electron chi connectivity index (χ0n) is 16.1. The summed E-state index contributed by atoms with van der Waals surface area (Å²) >= 11 is 0. The van der Waals surface area contributed by atoms with Crippen LogP contribution in [0.2, 0.25) is 0 Å². The molecule has 1 aromatic rings. The van der Waals surface area contributed by atoms with Crippen LogP contribution in [-0.4, -0.2) is 68.2 Å². The molecule has 2 aliphatic rings. The van der Waals surface area contributed by atoms with Crippen molar-refractivity contribution < 1.29 is 40.6 Å². The van der Waals surface area contributed by atoms with Crippen LogP contribution in [0.25, 0.3) is 0 Å². The Kier molecular flexibility index (Phi) is 7.71. The molecule has 3 atom stereocenters. The fourth-order valence-electron chi connectivity index (χ4n) is 3.51. The summed E-state index contributed by atoms with van der Waals surface area (Å²) in [4.78, 5) is 11.2. The maximum atomic E-state index is 11.6. The molecule has 3 rings (SSSR count). The van der Waals surface area contributed by atoms with E-state index in [0.29, 0.717) is 19.7 Å². The minimum absolute atomic E-state index is 0.0657. The van der Waals surface area contributed by atoms with Gasteiger partial charge in [-0.2, -0.15) is 13.2 Å². The average Bonchev–Trinajstić information content (AvgIpc) is 3.19. The fraction of sp³-hybridized carbons (Fsp3) is 0.706. The molecule has 0 aromatic carbocycles. The van der Waals surface area contributed by atoms with Gasteiger partial charge in [0, 0.05) is 25.6 Å². The van der Waals surface area contributed by atoms with E-state index < -0.39 is 22.2 Å². The maximum absolute atomic E-state index is 11.6. The molecule has 0 spiro atoms. The quantitative estimate of drug-likeness (QED) is 0.715. The molecule has 2 aliphatic heterocycles. The number of carboxylic acids is 1. The van der Waals surface area contributed by atoms with Gasteiger partial charge in [0.2, 0.25) is 10.0 Å². The lowest BCUT2D eigenvalue weighted by Crippen LogP contribution is -2.47. The van der Waals surface area contributed by atoms with E-state index >= 15 is 0 Å². The number of furan rings is 1. The highest BCUT2D eigenvalue weighted by atomic mass is 32.2. The van der Waals surface area contributed by atoms with E-state index in [2.05, 4.69) is 16.5 Å². The molecule has 2 N–H and O–H groups in total. The number of sulfonamides is 1. The van der Waals surface area contributed by atoms with Crippen LogP contribution in [0.3, 0.4) is 0 Å². The van der Waals surface area contributed by atoms with Gasteiger partial charge in [0.15, 0.2) is 0 Å². The summed E-state index contributed by atoms with van der Waals surface area (Å²) < 4.78 is 69.2. The number of fused-ring (bicyclic) bond motifs is 1. The van der Waals surface area contributed by atoms with Gasteiger partial charge in [-0.25, -0.2) is 17.9 Å². The lowest BCUT2D eigenvalue weighted by molar-refractivity contribution is -0.192. The number of nitrogens with one attached hydrogen (secondary N) is 1. The molecule has 29 heavy (non-hydrogen) atoms. The highest BCUT2D eigenvalue weighted by molar-refractivity contribution is 7.88. The van der Waals surface area contributed by atoms with Crippen LogP contribution in [0.1, 0.15) is 31.3 Å². The number of rotatable bonds is 5. The van der Waals surface area contributed by atoms with Crippen LogP contribution >= 0.6 is 0 Å². The number of likely N-dealkylation sites (tertiary alicyclic amines) is 1. The molecule has 3 heterocycles.